The second-order valence-electron chi connectivity index (χ2n) is 4.53. The lowest BCUT2D eigenvalue weighted by molar-refractivity contribution is -0.140. The molecule has 0 atom stereocenters. The van der Waals surface area contributed by atoms with Crippen molar-refractivity contribution in [2.75, 3.05) is 7.11 Å². The summed E-state index contributed by atoms with van der Waals surface area (Å²) in [5.41, 5.74) is 1.48. The van der Waals surface area contributed by atoms with E-state index in [4.69, 9.17) is 0 Å². The van der Waals surface area contributed by atoms with Crippen molar-refractivity contribution in [3.05, 3.63) is 59.7 Å². The number of alkyl halides is 3. The predicted octanol–water partition coefficient (Wildman–Crippen LogP) is 4.09. The van der Waals surface area contributed by atoms with E-state index >= 15 is 0 Å². The third kappa shape index (κ3) is 3.84. The van der Waals surface area contributed by atoms with Crippen LogP contribution in [-0.2, 0) is 22.1 Å². The van der Waals surface area contributed by atoms with Crippen LogP contribution in [0.2, 0.25) is 0 Å². The summed E-state index contributed by atoms with van der Waals surface area (Å²) in [5.74, 6) is -0.362. The van der Waals surface area contributed by atoms with E-state index in [9.17, 15) is 18.0 Å². The zero-order chi connectivity index (χ0) is 15.5. The number of hydrogen-bond acceptors (Lipinski definition) is 2. The monoisotopic (exact) mass is 294 g/mol. The minimum absolute atomic E-state index is 0.130. The Morgan fingerprint density at radius 2 is 1.71 bits per heavy atom. The Morgan fingerprint density at radius 3 is 2.29 bits per heavy atom. The topological polar surface area (TPSA) is 26.3 Å². The number of rotatable bonds is 3. The molecule has 0 aliphatic heterocycles. The van der Waals surface area contributed by atoms with Gasteiger partial charge >= 0.3 is 12.1 Å². The summed E-state index contributed by atoms with van der Waals surface area (Å²) in [6.45, 7) is 0. The van der Waals surface area contributed by atoms with E-state index in [-0.39, 0.29) is 12.4 Å². The first-order chi connectivity index (χ1) is 9.90. The molecule has 2 nitrogen and oxygen atoms in total. The molecule has 0 radical (unpaired) electrons. The molecule has 21 heavy (non-hydrogen) atoms. The fourth-order valence-corrected chi connectivity index (χ4v) is 1.95. The lowest BCUT2D eigenvalue weighted by Crippen LogP contribution is -2.04. The van der Waals surface area contributed by atoms with Crippen molar-refractivity contribution in [1.29, 1.82) is 0 Å². The van der Waals surface area contributed by atoms with Gasteiger partial charge in [0.05, 0.1) is 19.1 Å². The molecule has 0 aliphatic carbocycles. The molecule has 0 unspecified atom stereocenters. The molecule has 110 valence electrons. The van der Waals surface area contributed by atoms with Crippen LogP contribution in [0.1, 0.15) is 11.1 Å². The molecule has 0 bridgehead atoms. The van der Waals surface area contributed by atoms with Crippen LogP contribution in [0.4, 0.5) is 13.2 Å². The number of methoxy groups -OCH3 is 1. The highest BCUT2D eigenvalue weighted by atomic mass is 19.4. The van der Waals surface area contributed by atoms with Crippen LogP contribution in [0, 0.1) is 0 Å². The van der Waals surface area contributed by atoms with E-state index in [1.54, 1.807) is 24.3 Å². The number of esters is 1. The highest BCUT2D eigenvalue weighted by Crippen LogP contribution is 2.31. The molecule has 0 spiro atoms. The van der Waals surface area contributed by atoms with Crippen molar-refractivity contribution in [3.63, 3.8) is 0 Å². The summed E-state index contributed by atoms with van der Waals surface area (Å²) in [7, 11) is 1.31. The molecule has 0 amide bonds. The van der Waals surface area contributed by atoms with Gasteiger partial charge in [0.2, 0.25) is 0 Å². The molecule has 0 N–H and O–H groups in total. The summed E-state index contributed by atoms with van der Waals surface area (Å²) in [5, 5.41) is 0. The molecule has 5 heteroatoms. The van der Waals surface area contributed by atoms with Crippen LogP contribution in [0.5, 0.6) is 0 Å². The van der Waals surface area contributed by atoms with Crippen LogP contribution in [0.3, 0.4) is 0 Å². The third-order valence-corrected chi connectivity index (χ3v) is 3.05. The number of benzene rings is 2. The van der Waals surface area contributed by atoms with E-state index in [0.29, 0.717) is 5.56 Å². The number of halogens is 3. The van der Waals surface area contributed by atoms with Gasteiger partial charge in [0, 0.05) is 0 Å². The molecule has 0 heterocycles. The molecule has 2 rings (SSSR count). The average molecular weight is 294 g/mol. The van der Waals surface area contributed by atoms with E-state index in [0.717, 1.165) is 23.3 Å². The summed E-state index contributed by atoms with van der Waals surface area (Å²) >= 11 is 0. The zero-order valence-corrected chi connectivity index (χ0v) is 11.3. The quantitative estimate of drug-likeness (QED) is 0.797. The molecule has 0 aliphatic rings. The Bertz CT molecular complexity index is 631. The fourth-order valence-electron chi connectivity index (χ4n) is 1.95. The van der Waals surface area contributed by atoms with Gasteiger partial charge in [0.1, 0.15) is 0 Å². The third-order valence-electron chi connectivity index (χ3n) is 3.05. The van der Waals surface area contributed by atoms with Gasteiger partial charge in [0.15, 0.2) is 0 Å². The average Bonchev–Trinajstić information content (AvgIpc) is 2.46. The maximum atomic E-state index is 12.5. The zero-order valence-electron chi connectivity index (χ0n) is 11.3. The van der Waals surface area contributed by atoms with E-state index in [1.165, 1.54) is 19.2 Å². The normalized spacial score (nSPS) is 11.2. The second-order valence-corrected chi connectivity index (χ2v) is 4.53. The van der Waals surface area contributed by atoms with Crippen molar-refractivity contribution in [3.8, 4) is 11.1 Å². The van der Waals surface area contributed by atoms with Crippen LogP contribution in [-0.4, -0.2) is 13.1 Å². The second kappa shape index (κ2) is 5.99. The Morgan fingerprint density at radius 1 is 1.05 bits per heavy atom. The molecule has 2 aromatic carbocycles. The van der Waals surface area contributed by atoms with Crippen molar-refractivity contribution < 1.29 is 22.7 Å². The number of hydrogen-bond donors (Lipinski definition) is 0. The first kappa shape index (κ1) is 15.1. The fraction of sp³-hybridized carbons (Fsp3) is 0.188. The van der Waals surface area contributed by atoms with Crippen molar-refractivity contribution in [1.82, 2.24) is 0 Å². The number of carbonyl (C=O) groups excluding carboxylic acids is 1. The molecule has 0 saturated carbocycles. The Labute approximate surface area is 120 Å². The van der Waals surface area contributed by atoms with Gasteiger partial charge in [-0.2, -0.15) is 13.2 Å². The van der Waals surface area contributed by atoms with Gasteiger partial charge in [0.25, 0.3) is 0 Å². The van der Waals surface area contributed by atoms with Crippen molar-refractivity contribution in [2.24, 2.45) is 0 Å². The van der Waals surface area contributed by atoms with Gasteiger partial charge in [-0.15, -0.1) is 0 Å². The summed E-state index contributed by atoms with van der Waals surface area (Å²) in [6.07, 6.45) is -4.21. The number of ether oxygens (including phenoxy) is 1. The Hall–Kier alpha value is -2.30. The largest absolute Gasteiger partial charge is 0.469 e. The van der Waals surface area contributed by atoms with Crippen LogP contribution in [0.25, 0.3) is 11.1 Å². The molecule has 0 saturated heterocycles. The van der Waals surface area contributed by atoms with Gasteiger partial charge < -0.3 is 4.74 Å². The Kier molecular flexibility index (Phi) is 4.31. The summed E-state index contributed by atoms with van der Waals surface area (Å²) in [4.78, 5) is 11.2. The van der Waals surface area contributed by atoms with Gasteiger partial charge in [-0.3, -0.25) is 4.79 Å². The standard InChI is InChI=1S/C16H13F3O2/c1-21-15(20)10-11-3-2-4-13(9-11)12-5-7-14(8-6-12)16(17,18)19/h2-9H,10H2,1H3. The Balaban J connectivity index is 2.26. The van der Waals surface area contributed by atoms with Crippen molar-refractivity contribution in [2.45, 2.75) is 12.6 Å². The van der Waals surface area contributed by atoms with Crippen LogP contribution in [0.15, 0.2) is 48.5 Å². The van der Waals surface area contributed by atoms with Gasteiger partial charge in [-0.25, -0.2) is 0 Å². The maximum Gasteiger partial charge on any atom is 0.416 e. The van der Waals surface area contributed by atoms with Crippen LogP contribution < -0.4 is 0 Å². The molecule has 2 aromatic rings. The van der Waals surface area contributed by atoms with E-state index in [1.807, 2.05) is 0 Å². The SMILES string of the molecule is COC(=O)Cc1cccc(-c2ccc(C(F)(F)F)cc2)c1. The molecular formula is C16H13F3O2. The first-order valence-electron chi connectivity index (χ1n) is 6.23. The highest BCUT2D eigenvalue weighted by Gasteiger charge is 2.29. The lowest BCUT2D eigenvalue weighted by atomic mass is 10.0. The lowest BCUT2D eigenvalue weighted by Gasteiger charge is -2.08. The molecular weight excluding hydrogens is 281 g/mol. The highest BCUT2D eigenvalue weighted by molar-refractivity contribution is 5.74. The van der Waals surface area contributed by atoms with Gasteiger partial charge in [-0.05, 0) is 28.8 Å². The van der Waals surface area contributed by atoms with Crippen molar-refractivity contribution >= 4 is 5.97 Å². The first-order valence-corrected chi connectivity index (χ1v) is 6.23. The van der Waals surface area contributed by atoms with Gasteiger partial charge in [-0.1, -0.05) is 36.4 Å². The van der Waals surface area contributed by atoms with E-state index < -0.39 is 11.7 Å². The van der Waals surface area contributed by atoms with E-state index in [2.05, 4.69) is 4.74 Å². The molecule has 0 fully saturated rings. The number of carbonyl (C=O) groups is 1. The maximum absolute atomic E-state index is 12.5. The minimum atomic E-state index is -4.34. The van der Waals surface area contributed by atoms with Crippen LogP contribution >= 0.6 is 0 Å². The summed E-state index contributed by atoms with van der Waals surface area (Å²) in [6, 6.07) is 12.0. The minimum Gasteiger partial charge on any atom is -0.469 e. The summed E-state index contributed by atoms with van der Waals surface area (Å²) < 4.78 is 42.1. The molecule has 0 aromatic heterocycles. The predicted molar refractivity (Wildman–Crippen MR) is 72.6 cm³/mol. The smallest absolute Gasteiger partial charge is 0.416 e.